The van der Waals surface area contributed by atoms with E-state index in [1.807, 2.05) is 63.2 Å². The molecule has 1 saturated heterocycles. The van der Waals surface area contributed by atoms with E-state index in [2.05, 4.69) is 10.6 Å². The largest absolute Gasteiger partial charge is 0.348 e. The number of hydrogen-bond donors (Lipinski definition) is 2. The zero-order chi connectivity index (χ0) is 21.5. The minimum Gasteiger partial charge on any atom is -0.348 e. The van der Waals surface area contributed by atoms with Crippen molar-refractivity contribution in [3.63, 3.8) is 0 Å². The Bertz CT molecular complexity index is 987. The molecule has 1 saturated carbocycles. The maximum Gasteiger partial charge on any atom is 0.325 e. The highest BCUT2D eigenvalue weighted by Crippen LogP contribution is 2.42. The van der Waals surface area contributed by atoms with Crippen molar-refractivity contribution in [1.29, 1.82) is 0 Å². The molecule has 30 heavy (non-hydrogen) atoms. The lowest BCUT2D eigenvalue weighted by molar-refractivity contribution is -0.139. The van der Waals surface area contributed by atoms with Crippen LogP contribution in [0.25, 0.3) is 10.8 Å². The second-order valence-electron chi connectivity index (χ2n) is 8.78. The van der Waals surface area contributed by atoms with Gasteiger partial charge in [-0.25, -0.2) is 4.79 Å². The van der Waals surface area contributed by atoms with Gasteiger partial charge < -0.3 is 10.6 Å². The molecule has 0 bridgehead atoms. The lowest BCUT2D eigenvalue weighted by Crippen LogP contribution is -2.59. The predicted molar refractivity (Wildman–Crippen MR) is 116 cm³/mol. The third-order valence-electron chi connectivity index (χ3n) is 6.96. The van der Waals surface area contributed by atoms with Crippen LogP contribution < -0.4 is 10.6 Å². The molecule has 2 aliphatic rings. The van der Waals surface area contributed by atoms with Crippen molar-refractivity contribution in [3.8, 4) is 0 Å². The van der Waals surface area contributed by atoms with Crippen LogP contribution in [0.4, 0.5) is 4.79 Å². The van der Waals surface area contributed by atoms with Crippen molar-refractivity contribution in [3.05, 3.63) is 48.0 Å². The van der Waals surface area contributed by atoms with Crippen molar-refractivity contribution in [1.82, 2.24) is 15.5 Å². The Morgan fingerprint density at radius 1 is 1.13 bits per heavy atom. The first kappa shape index (κ1) is 20.4. The van der Waals surface area contributed by atoms with Crippen LogP contribution in [0, 0.1) is 11.8 Å². The number of urea groups is 1. The third kappa shape index (κ3) is 3.24. The first-order valence-electron chi connectivity index (χ1n) is 10.8. The van der Waals surface area contributed by atoms with Crippen LogP contribution >= 0.6 is 0 Å². The van der Waals surface area contributed by atoms with Crippen LogP contribution in [-0.4, -0.2) is 34.8 Å². The molecular formula is C24H29N3O3. The van der Waals surface area contributed by atoms with Crippen LogP contribution in [0.2, 0.25) is 0 Å². The third-order valence-corrected chi connectivity index (χ3v) is 6.96. The summed E-state index contributed by atoms with van der Waals surface area (Å²) < 4.78 is 0. The van der Waals surface area contributed by atoms with Gasteiger partial charge in [0.15, 0.2) is 0 Å². The highest BCUT2D eigenvalue weighted by atomic mass is 16.2. The average molecular weight is 408 g/mol. The predicted octanol–water partition coefficient (Wildman–Crippen LogP) is 3.76. The van der Waals surface area contributed by atoms with Crippen LogP contribution in [0.5, 0.6) is 0 Å². The van der Waals surface area contributed by atoms with Crippen molar-refractivity contribution in [2.45, 2.75) is 51.6 Å². The number of fused-ring (bicyclic) bond motifs is 1. The van der Waals surface area contributed by atoms with Gasteiger partial charge >= 0.3 is 6.03 Å². The van der Waals surface area contributed by atoms with E-state index in [9.17, 15) is 14.4 Å². The number of imide groups is 1. The first-order chi connectivity index (χ1) is 14.3. The van der Waals surface area contributed by atoms with E-state index < -0.39 is 11.6 Å². The van der Waals surface area contributed by atoms with Crippen LogP contribution in [0.15, 0.2) is 42.5 Å². The van der Waals surface area contributed by atoms with Gasteiger partial charge in [0.05, 0.1) is 6.04 Å². The van der Waals surface area contributed by atoms with Gasteiger partial charge in [0.25, 0.3) is 5.91 Å². The Morgan fingerprint density at radius 3 is 2.53 bits per heavy atom. The minimum atomic E-state index is -0.878. The maximum absolute atomic E-state index is 13.2. The highest BCUT2D eigenvalue weighted by Gasteiger charge is 2.58. The molecule has 2 N–H and O–H groups in total. The molecule has 1 spiro atoms. The molecule has 1 aliphatic carbocycles. The molecule has 4 rings (SSSR count). The van der Waals surface area contributed by atoms with Gasteiger partial charge in [-0.2, -0.15) is 0 Å². The van der Waals surface area contributed by atoms with E-state index in [0.29, 0.717) is 0 Å². The number of carbonyl (C=O) groups excluding carboxylic acids is 3. The lowest BCUT2D eigenvalue weighted by atomic mass is 9.67. The first-order valence-corrected chi connectivity index (χ1v) is 10.8. The van der Waals surface area contributed by atoms with Crippen molar-refractivity contribution >= 4 is 28.6 Å². The van der Waals surface area contributed by atoms with E-state index in [0.717, 1.165) is 40.5 Å². The number of hydrogen-bond acceptors (Lipinski definition) is 3. The summed E-state index contributed by atoms with van der Waals surface area (Å²) in [7, 11) is 0. The molecule has 2 aromatic carbocycles. The SMILES string of the molecule is CC(NC(=O)CN1C(=O)NC2(C1=O)C(C)CCCC2C)c1cccc2ccccc12. The molecule has 6 nitrogen and oxygen atoms in total. The normalized spacial score (nSPS) is 27.4. The number of rotatable bonds is 4. The fourth-order valence-corrected chi connectivity index (χ4v) is 5.23. The summed E-state index contributed by atoms with van der Waals surface area (Å²) >= 11 is 0. The van der Waals surface area contributed by atoms with Crippen LogP contribution in [0.3, 0.4) is 0 Å². The van der Waals surface area contributed by atoms with Crippen LogP contribution in [0.1, 0.15) is 51.6 Å². The van der Waals surface area contributed by atoms with Gasteiger partial charge in [0.2, 0.25) is 5.91 Å². The van der Waals surface area contributed by atoms with Gasteiger partial charge in [-0.3, -0.25) is 14.5 Å². The molecule has 2 aromatic rings. The average Bonchev–Trinajstić information content (AvgIpc) is 2.97. The van der Waals surface area contributed by atoms with Gasteiger partial charge in [0, 0.05) is 0 Å². The number of nitrogens with zero attached hydrogens (tertiary/aromatic N) is 1. The van der Waals surface area contributed by atoms with Crippen LogP contribution in [-0.2, 0) is 9.59 Å². The highest BCUT2D eigenvalue weighted by molar-refractivity contribution is 6.09. The molecule has 3 atom stereocenters. The summed E-state index contributed by atoms with van der Waals surface area (Å²) in [4.78, 5) is 39.7. The van der Waals surface area contributed by atoms with E-state index in [4.69, 9.17) is 0 Å². The Balaban J connectivity index is 1.49. The van der Waals surface area contributed by atoms with E-state index >= 15 is 0 Å². The van der Waals surface area contributed by atoms with Gasteiger partial charge in [0.1, 0.15) is 12.1 Å². The summed E-state index contributed by atoms with van der Waals surface area (Å²) in [5, 5.41) is 8.08. The van der Waals surface area contributed by atoms with Crippen molar-refractivity contribution in [2.24, 2.45) is 11.8 Å². The lowest BCUT2D eigenvalue weighted by Gasteiger charge is -2.42. The monoisotopic (exact) mass is 407 g/mol. The molecule has 1 heterocycles. The molecular weight excluding hydrogens is 378 g/mol. The summed E-state index contributed by atoms with van der Waals surface area (Å²) in [5.74, 6) is -0.493. The molecule has 4 amide bonds. The maximum atomic E-state index is 13.2. The smallest absolute Gasteiger partial charge is 0.325 e. The summed E-state index contributed by atoms with van der Waals surface area (Å²) in [6, 6.07) is 13.3. The summed E-state index contributed by atoms with van der Waals surface area (Å²) in [6.07, 6.45) is 2.85. The number of carbonyl (C=O) groups is 3. The number of amides is 4. The van der Waals surface area contributed by atoms with E-state index in [1.165, 1.54) is 0 Å². The zero-order valence-electron chi connectivity index (χ0n) is 17.8. The molecule has 1 aliphatic heterocycles. The topological polar surface area (TPSA) is 78.5 Å². The Morgan fingerprint density at radius 2 is 1.80 bits per heavy atom. The van der Waals surface area contributed by atoms with Gasteiger partial charge in [-0.05, 0) is 47.9 Å². The van der Waals surface area contributed by atoms with Gasteiger partial charge in [-0.1, -0.05) is 62.7 Å². The van der Waals surface area contributed by atoms with Gasteiger partial charge in [-0.15, -0.1) is 0 Å². The molecule has 6 heteroatoms. The second-order valence-corrected chi connectivity index (χ2v) is 8.78. The fourth-order valence-electron chi connectivity index (χ4n) is 5.23. The minimum absolute atomic E-state index is 0.0559. The second kappa shape index (κ2) is 7.74. The Kier molecular flexibility index (Phi) is 5.26. The Hall–Kier alpha value is -2.89. The number of nitrogens with one attached hydrogen (secondary N) is 2. The van der Waals surface area contributed by atoms with Crippen molar-refractivity contribution < 1.29 is 14.4 Å². The van der Waals surface area contributed by atoms with Crippen molar-refractivity contribution in [2.75, 3.05) is 6.54 Å². The zero-order valence-corrected chi connectivity index (χ0v) is 17.8. The molecule has 0 radical (unpaired) electrons. The fraction of sp³-hybridized carbons (Fsp3) is 0.458. The quantitative estimate of drug-likeness (QED) is 0.758. The van der Waals surface area contributed by atoms with E-state index in [1.54, 1.807) is 0 Å². The van der Waals surface area contributed by atoms with E-state index in [-0.39, 0.29) is 36.2 Å². The molecule has 158 valence electrons. The standard InChI is InChI=1S/C24H29N3O3/c1-15-8-6-9-16(2)24(15)22(29)27(23(30)26-24)14-21(28)25-17(3)19-13-7-11-18-10-4-5-12-20(18)19/h4-5,7,10-13,15-17H,6,8-9,14H2,1-3H3,(H,25,28)(H,26,30). The summed E-state index contributed by atoms with van der Waals surface area (Å²) in [6.45, 7) is 5.68. The summed E-state index contributed by atoms with van der Waals surface area (Å²) in [5.41, 5.74) is 0.126. The Labute approximate surface area is 177 Å². The molecule has 3 unspecified atom stereocenters. The molecule has 0 aromatic heterocycles. The number of benzene rings is 2. The molecule has 2 fully saturated rings.